The molecule has 0 aromatic heterocycles. The van der Waals surface area contributed by atoms with E-state index in [1.54, 1.807) is 0 Å². The molecule has 15 heavy (non-hydrogen) atoms. The van der Waals surface area contributed by atoms with Crippen molar-refractivity contribution in [3.05, 3.63) is 0 Å². The molecule has 0 atom stereocenters. The molecule has 5 heteroatoms. The summed E-state index contributed by atoms with van der Waals surface area (Å²) in [4.78, 5) is 0. The zero-order chi connectivity index (χ0) is 11.7. The lowest BCUT2D eigenvalue weighted by molar-refractivity contribution is 0.217. The second kappa shape index (κ2) is 8.07. The lowest BCUT2D eigenvalue weighted by Crippen LogP contribution is -2.24. The van der Waals surface area contributed by atoms with Crippen molar-refractivity contribution in [3.8, 4) is 0 Å². The number of nitrogens with one attached hydrogen (secondary N) is 1. The van der Waals surface area contributed by atoms with Crippen LogP contribution in [0.1, 0.15) is 26.7 Å². The Morgan fingerprint density at radius 2 is 1.87 bits per heavy atom. The van der Waals surface area contributed by atoms with Gasteiger partial charge in [0, 0.05) is 13.2 Å². The van der Waals surface area contributed by atoms with Crippen LogP contribution in [0, 0.1) is 0 Å². The molecule has 0 saturated heterocycles. The van der Waals surface area contributed by atoms with E-state index < -0.39 is 9.84 Å². The van der Waals surface area contributed by atoms with Gasteiger partial charge in [-0.3, -0.25) is 0 Å². The molecule has 0 radical (unpaired) electrons. The minimum atomic E-state index is -2.90. The fourth-order valence-corrected chi connectivity index (χ4v) is 2.42. The molecular weight excluding hydrogens is 214 g/mol. The molecule has 92 valence electrons. The van der Waals surface area contributed by atoms with Crippen molar-refractivity contribution in [2.45, 2.75) is 32.7 Å². The molecule has 1 N–H and O–H groups in total. The van der Waals surface area contributed by atoms with Gasteiger partial charge < -0.3 is 10.1 Å². The Bertz CT molecular complexity index is 237. The van der Waals surface area contributed by atoms with Crippen molar-refractivity contribution >= 4 is 9.84 Å². The maximum atomic E-state index is 11.4. The molecule has 0 aliphatic rings. The van der Waals surface area contributed by atoms with Gasteiger partial charge in [0.15, 0.2) is 9.84 Å². The number of hydrogen-bond acceptors (Lipinski definition) is 4. The van der Waals surface area contributed by atoms with E-state index in [-0.39, 0.29) is 11.5 Å². The van der Waals surface area contributed by atoms with Crippen LogP contribution in [0.15, 0.2) is 0 Å². The zero-order valence-electron chi connectivity index (χ0n) is 9.95. The zero-order valence-corrected chi connectivity index (χ0v) is 10.8. The highest BCUT2D eigenvalue weighted by molar-refractivity contribution is 7.91. The van der Waals surface area contributed by atoms with Crippen LogP contribution in [0.25, 0.3) is 0 Å². The van der Waals surface area contributed by atoms with Gasteiger partial charge in [0.25, 0.3) is 0 Å². The van der Waals surface area contributed by atoms with E-state index in [2.05, 4.69) is 19.2 Å². The summed E-state index contributed by atoms with van der Waals surface area (Å²) in [6.07, 6.45) is 1.64. The summed E-state index contributed by atoms with van der Waals surface area (Å²) in [5.41, 5.74) is 0. The second-order valence-corrected chi connectivity index (χ2v) is 6.26. The Kier molecular flexibility index (Phi) is 8.00. The fourth-order valence-electron chi connectivity index (χ4n) is 1.15. The van der Waals surface area contributed by atoms with Gasteiger partial charge in [-0.15, -0.1) is 0 Å². The molecular formula is C10H23NO3S. The Balaban J connectivity index is 3.49. The SMILES string of the molecule is COCCS(=O)(=O)CCCCNC(C)C. The van der Waals surface area contributed by atoms with Crippen molar-refractivity contribution in [2.75, 3.05) is 31.8 Å². The number of methoxy groups -OCH3 is 1. The van der Waals surface area contributed by atoms with Gasteiger partial charge in [-0.1, -0.05) is 13.8 Å². The first kappa shape index (κ1) is 14.9. The first-order valence-corrected chi connectivity index (χ1v) is 7.23. The Morgan fingerprint density at radius 3 is 2.40 bits per heavy atom. The molecule has 0 unspecified atom stereocenters. The molecule has 4 nitrogen and oxygen atoms in total. The summed E-state index contributed by atoms with van der Waals surface area (Å²) in [6.45, 7) is 5.34. The summed E-state index contributed by atoms with van der Waals surface area (Å²) in [5, 5.41) is 3.26. The minimum absolute atomic E-state index is 0.140. The average Bonchev–Trinajstić information content (AvgIpc) is 2.14. The summed E-state index contributed by atoms with van der Waals surface area (Å²) in [5.74, 6) is 0.414. The molecule has 0 rings (SSSR count). The molecule has 0 heterocycles. The van der Waals surface area contributed by atoms with E-state index in [1.165, 1.54) is 7.11 Å². The third-order valence-electron chi connectivity index (χ3n) is 2.03. The topological polar surface area (TPSA) is 55.4 Å². The van der Waals surface area contributed by atoms with E-state index in [0.29, 0.717) is 12.6 Å². The van der Waals surface area contributed by atoms with Crippen LogP contribution in [0.3, 0.4) is 0 Å². The maximum Gasteiger partial charge on any atom is 0.152 e. The van der Waals surface area contributed by atoms with Gasteiger partial charge in [-0.2, -0.15) is 0 Å². The first-order valence-electron chi connectivity index (χ1n) is 5.40. The average molecular weight is 237 g/mol. The van der Waals surface area contributed by atoms with E-state index in [0.717, 1.165) is 19.4 Å². The van der Waals surface area contributed by atoms with Crippen LogP contribution >= 0.6 is 0 Å². The molecule has 0 spiro atoms. The predicted octanol–water partition coefficient (Wildman–Crippen LogP) is 0.826. The largest absolute Gasteiger partial charge is 0.384 e. The second-order valence-electron chi connectivity index (χ2n) is 3.96. The van der Waals surface area contributed by atoms with Crippen molar-refractivity contribution < 1.29 is 13.2 Å². The smallest absolute Gasteiger partial charge is 0.152 e. The highest BCUT2D eigenvalue weighted by Crippen LogP contribution is 1.97. The predicted molar refractivity (Wildman–Crippen MR) is 62.9 cm³/mol. The van der Waals surface area contributed by atoms with E-state index in [1.807, 2.05) is 0 Å². The van der Waals surface area contributed by atoms with Crippen molar-refractivity contribution in [3.63, 3.8) is 0 Å². The molecule has 0 fully saturated rings. The Morgan fingerprint density at radius 1 is 1.20 bits per heavy atom. The Labute approximate surface area is 93.3 Å². The van der Waals surface area contributed by atoms with Crippen LogP contribution in [-0.2, 0) is 14.6 Å². The van der Waals surface area contributed by atoms with Crippen molar-refractivity contribution in [1.29, 1.82) is 0 Å². The van der Waals surface area contributed by atoms with Gasteiger partial charge in [-0.25, -0.2) is 8.42 Å². The van der Waals surface area contributed by atoms with E-state index >= 15 is 0 Å². The lowest BCUT2D eigenvalue weighted by atomic mass is 10.3. The minimum Gasteiger partial charge on any atom is -0.384 e. The fraction of sp³-hybridized carbons (Fsp3) is 1.00. The maximum absolute atomic E-state index is 11.4. The third-order valence-corrected chi connectivity index (χ3v) is 3.73. The van der Waals surface area contributed by atoms with Gasteiger partial charge >= 0.3 is 0 Å². The molecule has 0 aromatic carbocycles. The summed E-state index contributed by atoms with van der Waals surface area (Å²) >= 11 is 0. The normalized spacial score (nSPS) is 12.3. The van der Waals surface area contributed by atoms with Crippen LogP contribution < -0.4 is 5.32 Å². The van der Waals surface area contributed by atoms with Gasteiger partial charge in [0.2, 0.25) is 0 Å². The summed E-state index contributed by atoms with van der Waals surface area (Å²) in [6, 6.07) is 0.468. The van der Waals surface area contributed by atoms with Gasteiger partial charge in [0.05, 0.1) is 18.1 Å². The van der Waals surface area contributed by atoms with Crippen LogP contribution in [-0.4, -0.2) is 46.2 Å². The highest BCUT2D eigenvalue weighted by atomic mass is 32.2. The van der Waals surface area contributed by atoms with Crippen LogP contribution in [0.5, 0.6) is 0 Å². The lowest BCUT2D eigenvalue weighted by Gasteiger charge is -2.07. The van der Waals surface area contributed by atoms with Crippen molar-refractivity contribution in [1.82, 2.24) is 5.32 Å². The molecule has 0 aromatic rings. The number of unbranched alkanes of at least 4 members (excludes halogenated alkanes) is 1. The van der Waals surface area contributed by atoms with Crippen LogP contribution in [0.2, 0.25) is 0 Å². The van der Waals surface area contributed by atoms with Crippen LogP contribution in [0.4, 0.5) is 0 Å². The standard InChI is InChI=1S/C10H23NO3S/c1-10(2)11-6-4-5-8-15(12,13)9-7-14-3/h10-11H,4-9H2,1-3H3. The molecule has 0 saturated carbocycles. The highest BCUT2D eigenvalue weighted by Gasteiger charge is 2.09. The number of hydrogen-bond donors (Lipinski definition) is 1. The van der Waals surface area contributed by atoms with E-state index in [9.17, 15) is 8.42 Å². The monoisotopic (exact) mass is 237 g/mol. The number of ether oxygens (including phenoxy) is 1. The molecule has 0 aliphatic carbocycles. The summed E-state index contributed by atoms with van der Waals surface area (Å²) < 4.78 is 27.5. The molecule has 0 amide bonds. The first-order chi connectivity index (χ1) is 6.98. The Hall–Kier alpha value is -0.130. The van der Waals surface area contributed by atoms with Crippen molar-refractivity contribution in [2.24, 2.45) is 0 Å². The quantitative estimate of drug-likeness (QED) is 0.603. The molecule has 0 bridgehead atoms. The van der Waals surface area contributed by atoms with Gasteiger partial charge in [0.1, 0.15) is 0 Å². The number of sulfone groups is 1. The number of rotatable bonds is 9. The third kappa shape index (κ3) is 10.2. The molecule has 0 aliphatic heterocycles. The summed E-state index contributed by atoms with van der Waals surface area (Å²) in [7, 11) is -1.38. The van der Waals surface area contributed by atoms with Gasteiger partial charge in [-0.05, 0) is 19.4 Å². The van der Waals surface area contributed by atoms with E-state index in [4.69, 9.17) is 4.74 Å².